The molecule has 1 amide bonds. The Morgan fingerprint density at radius 1 is 1.33 bits per heavy atom. The molecule has 110 valence electrons. The first-order chi connectivity index (χ1) is 10.1. The van der Waals surface area contributed by atoms with Crippen LogP contribution in [0.15, 0.2) is 41.0 Å². The summed E-state index contributed by atoms with van der Waals surface area (Å²) in [4.78, 5) is 22.7. The number of anilines is 1. The van der Waals surface area contributed by atoms with E-state index < -0.39 is 10.8 Å². The van der Waals surface area contributed by atoms with Crippen LogP contribution in [0.5, 0.6) is 0 Å². The number of amides is 1. The predicted octanol–water partition coefficient (Wildman–Crippen LogP) is 2.55. The average molecular weight is 289 g/mol. The topological polar surface area (TPSA) is 97.4 Å². The first-order valence-corrected chi connectivity index (χ1v) is 6.45. The Morgan fingerprint density at radius 3 is 2.76 bits per heavy atom. The normalized spacial score (nSPS) is 10.1. The lowest BCUT2D eigenvalue weighted by Gasteiger charge is -2.10. The number of benzene rings is 1. The molecule has 2 N–H and O–H groups in total. The summed E-state index contributed by atoms with van der Waals surface area (Å²) in [5.74, 6) is 0.213. The molecule has 2 rings (SSSR count). The Morgan fingerprint density at radius 2 is 2.14 bits per heavy atom. The van der Waals surface area contributed by atoms with E-state index in [1.165, 1.54) is 18.4 Å². The van der Waals surface area contributed by atoms with E-state index in [1.54, 1.807) is 25.1 Å². The van der Waals surface area contributed by atoms with E-state index >= 15 is 0 Å². The molecule has 7 nitrogen and oxygen atoms in total. The van der Waals surface area contributed by atoms with E-state index in [0.29, 0.717) is 12.3 Å². The van der Waals surface area contributed by atoms with E-state index in [4.69, 9.17) is 4.42 Å². The van der Waals surface area contributed by atoms with Crippen molar-refractivity contribution in [2.45, 2.75) is 13.5 Å². The van der Waals surface area contributed by atoms with Crippen LogP contribution in [-0.4, -0.2) is 17.4 Å². The molecule has 1 aromatic carbocycles. The fraction of sp³-hybridized carbons (Fsp3) is 0.214. The number of carbonyl (C=O) groups is 1. The summed E-state index contributed by atoms with van der Waals surface area (Å²) in [6.07, 6.45) is 1.51. The molecule has 0 saturated heterocycles. The van der Waals surface area contributed by atoms with Crippen molar-refractivity contribution in [3.8, 4) is 0 Å². The number of nitrogens with one attached hydrogen (secondary N) is 2. The molecule has 0 atom stereocenters. The molecule has 0 unspecified atom stereocenters. The summed E-state index contributed by atoms with van der Waals surface area (Å²) in [5, 5.41) is 16.6. The monoisotopic (exact) mass is 289 g/mol. The van der Waals surface area contributed by atoms with Crippen molar-refractivity contribution in [2.24, 2.45) is 0 Å². The van der Waals surface area contributed by atoms with Gasteiger partial charge < -0.3 is 15.1 Å². The second-order valence-corrected chi connectivity index (χ2v) is 4.25. The van der Waals surface area contributed by atoms with Crippen molar-refractivity contribution >= 4 is 17.3 Å². The number of nitro benzene ring substituents is 1. The van der Waals surface area contributed by atoms with Gasteiger partial charge in [-0.2, -0.15) is 0 Å². The zero-order valence-corrected chi connectivity index (χ0v) is 11.5. The van der Waals surface area contributed by atoms with Crippen LogP contribution < -0.4 is 10.6 Å². The predicted molar refractivity (Wildman–Crippen MR) is 77.1 cm³/mol. The first-order valence-electron chi connectivity index (χ1n) is 6.45. The number of rotatable bonds is 6. The quantitative estimate of drug-likeness (QED) is 0.629. The molecule has 0 saturated carbocycles. The minimum absolute atomic E-state index is 0.123. The standard InChI is InChI=1S/C14H15N3O4/c1-2-15-13-11(6-3-7-12(13)17(19)20)14(18)16-9-10-5-4-8-21-10/h3-8,15H,2,9H2,1H3,(H,16,18). The second kappa shape index (κ2) is 6.56. The maximum atomic E-state index is 12.2. The number of nitrogens with zero attached hydrogens (tertiary/aromatic N) is 1. The summed E-state index contributed by atoms with van der Waals surface area (Å²) < 4.78 is 5.12. The number of furan rings is 1. The largest absolute Gasteiger partial charge is 0.467 e. The molecular formula is C14H15N3O4. The highest BCUT2D eigenvalue weighted by molar-refractivity contribution is 6.01. The smallest absolute Gasteiger partial charge is 0.293 e. The Bertz CT molecular complexity index is 638. The molecule has 1 heterocycles. The van der Waals surface area contributed by atoms with Crippen LogP contribution in [0.3, 0.4) is 0 Å². The average Bonchev–Trinajstić information content (AvgIpc) is 2.98. The van der Waals surface area contributed by atoms with Crippen LogP contribution in [0.2, 0.25) is 0 Å². The van der Waals surface area contributed by atoms with Gasteiger partial charge in [-0.05, 0) is 25.1 Å². The molecule has 0 spiro atoms. The van der Waals surface area contributed by atoms with Crippen molar-refractivity contribution in [1.82, 2.24) is 5.32 Å². The van der Waals surface area contributed by atoms with Crippen molar-refractivity contribution in [2.75, 3.05) is 11.9 Å². The van der Waals surface area contributed by atoms with Crippen LogP contribution in [-0.2, 0) is 6.54 Å². The van der Waals surface area contributed by atoms with Crippen LogP contribution in [0.1, 0.15) is 23.0 Å². The molecule has 0 radical (unpaired) electrons. The molecule has 2 aromatic rings. The van der Waals surface area contributed by atoms with Crippen LogP contribution in [0.25, 0.3) is 0 Å². The van der Waals surface area contributed by atoms with E-state index in [0.717, 1.165) is 0 Å². The third-order valence-corrected chi connectivity index (χ3v) is 2.84. The molecular weight excluding hydrogens is 274 g/mol. The third kappa shape index (κ3) is 3.38. The SMILES string of the molecule is CCNc1c(C(=O)NCc2ccco2)cccc1[N+](=O)[O-]. The van der Waals surface area contributed by atoms with Crippen molar-refractivity contribution in [1.29, 1.82) is 0 Å². The highest BCUT2D eigenvalue weighted by Crippen LogP contribution is 2.28. The zero-order valence-electron chi connectivity index (χ0n) is 11.5. The Labute approximate surface area is 121 Å². The van der Waals surface area contributed by atoms with Gasteiger partial charge >= 0.3 is 0 Å². The lowest BCUT2D eigenvalue weighted by Crippen LogP contribution is -2.24. The molecule has 21 heavy (non-hydrogen) atoms. The van der Waals surface area contributed by atoms with Crippen LogP contribution in [0.4, 0.5) is 11.4 Å². The fourth-order valence-electron chi connectivity index (χ4n) is 1.92. The van der Waals surface area contributed by atoms with Gasteiger partial charge in [0.25, 0.3) is 11.6 Å². The summed E-state index contributed by atoms with van der Waals surface area (Å²) >= 11 is 0. The van der Waals surface area contributed by atoms with Gasteiger partial charge in [0.05, 0.1) is 23.3 Å². The number of carbonyl (C=O) groups excluding carboxylic acids is 1. The minimum Gasteiger partial charge on any atom is -0.467 e. The first kappa shape index (κ1) is 14.6. The summed E-state index contributed by atoms with van der Waals surface area (Å²) in [7, 11) is 0. The molecule has 1 aromatic heterocycles. The van der Waals surface area contributed by atoms with Crippen molar-refractivity contribution in [3.63, 3.8) is 0 Å². The van der Waals surface area contributed by atoms with E-state index in [9.17, 15) is 14.9 Å². The second-order valence-electron chi connectivity index (χ2n) is 4.25. The van der Waals surface area contributed by atoms with E-state index in [-0.39, 0.29) is 23.5 Å². The van der Waals surface area contributed by atoms with Gasteiger partial charge in [-0.15, -0.1) is 0 Å². The maximum absolute atomic E-state index is 12.2. The third-order valence-electron chi connectivity index (χ3n) is 2.84. The van der Waals surface area contributed by atoms with Gasteiger partial charge in [-0.1, -0.05) is 6.07 Å². The van der Waals surface area contributed by atoms with Gasteiger partial charge in [0.1, 0.15) is 11.4 Å². The molecule has 0 aliphatic rings. The number of hydrogen-bond acceptors (Lipinski definition) is 5. The van der Waals surface area contributed by atoms with E-state index in [2.05, 4.69) is 10.6 Å². The van der Waals surface area contributed by atoms with E-state index in [1.807, 2.05) is 0 Å². The zero-order chi connectivity index (χ0) is 15.2. The number of hydrogen-bond donors (Lipinski definition) is 2. The Balaban J connectivity index is 2.23. The van der Waals surface area contributed by atoms with Crippen LogP contribution in [0, 0.1) is 10.1 Å². The molecule has 7 heteroatoms. The number of nitro groups is 1. The van der Waals surface area contributed by atoms with Gasteiger partial charge in [-0.25, -0.2) is 0 Å². The van der Waals surface area contributed by atoms with Crippen LogP contribution >= 0.6 is 0 Å². The highest BCUT2D eigenvalue weighted by Gasteiger charge is 2.21. The van der Waals surface area contributed by atoms with Gasteiger partial charge in [-0.3, -0.25) is 14.9 Å². The Hall–Kier alpha value is -2.83. The number of para-hydroxylation sites is 1. The summed E-state index contributed by atoms with van der Waals surface area (Å²) in [5.41, 5.74) is 0.335. The van der Waals surface area contributed by atoms with Crippen molar-refractivity contribution < 1.29 is 14.1 Å². The lowest BCUT2D eigenvalue weighted by atomic mass is 10.1. The Kier molecular flexibility index (Phi) is 4.55. The van der Waals surface area contributed by atoms with Crippen molar-refractivity contribution in [3.05, 3.63) is 58.0 Å². The maximum Gasteiger partial charge on any atom is 0.293 e. The minimum atomic E-state index is -0.513. The summed E-state index contributed by atoms with van der Waals surface area (Å²) in [6, 6.07) is 7.85. The van der Waals surface area contributed by atoms with Gasteiger partial charge in [0, 0.05) is 12.6 Å². The molecule has 0 fully saturated rings. The van der Waals surface area contributed by atoms with Gasteiger partial charge in [0.2, 0.25) is 0 Å². The molecule has 0 bridgehead atoms. The highest BCUT2D eigenvalue weighted by atomic mass is 16.6. The summed E-state index contributed by atoms with van der Waals surface area (Å²) in [6.45, 7) is 2.50. The molecule has 0 aliphatic heterocycles. The fourth-order valence-corrected chi connectivity index (χ4v) is 1.92. The lowest BCUT2D eigenvalue weighted by molar-refractivity contribution is -0.384. The molecule has 0 aliphatic carbocycles. The van der Waals surface area contributed by atoms with Gasteiger partial charge in [0.15, 0.2) is 0 Å².